The van der Waals surface area contributed by atoms with Crippen LogP contribution in [-0.4, -0.2) is 37.0 Å². The molecule has 0 bridgehead atoms. The Labute approximate surface area is 151 Å². The van der Waals surface area contributed by atoms with Gasteiger partial charge in [0.2, 0.25) is 5.91 Å². The first-order valence-electron chi connectivity index (χ1n) is 9.10. The van der Waals surface area contributed by atoms with E-state index in [0.29, 0.717) is 6.42 Å². The van der Waals surface area contributed by atoms with Gasteiger partial charge in [0.05, 0.1) is 6.42 Å². The lowest BCUT2D eigenvalue weighted by atomic mass is 10.0. The maximum absolute atomic E-state index is 12.6. The highest BCUT2D eigenvalue weighted by Crippen LogP contribution is 2.27. The SMILES string of the molecule is Cc1ccc(CC(=O)N2CCN(c3c(C)cc(C)cc3C)CC2)cc1. The third-order valence-electron chi connectivity index (χ3n) is 5.06. The van der Waals surface area contributed by atoms with Crippen molar-refractivity contribution in [3.63, 3.8) is 0 Å². The minimum Gasteiger partial charge on any atom is -0.368 e. The molecule has 3 heteroatoms. The lowest BCUT2D eigenvalue weighted by molar-refractivity contribution is -0.130. The van der Waals surface area contributed by atoms with Gasteiger partial charge in [-0.15, -0.1) is 0 Å². The van der Waals surface area contributed by atoms with Crippen LogP contribution < -0.4 is 4.90 Å². The fraction of sp³-hybridized carbons (Fsp3) is 0.409. The topological polar surface area (TPSA) is 23.6 Å². The summed E-state index contributed by atoms with van der Waals surface area (Å²) < 4.78 is 0. The maximum atomic E-state index is 12.6. The molecule has 0 atom stereocenters. The minimum atomic E-state index is 0.237. The van der Waals surface area contributed by atoms with Crippen LogP contribution in [0.3, 0.4) is 0 Å². The van der Waals surface area contributed by atoms with Gasteiger partial charge in [0.15, 0.2) is 0 Å². The Hall–Kier alpha value is -2.29. The van der Waals surface area contributed by atoms with Gasteiger partial charge in [-0.3, -0.25) is 4.79 Å². The predicted octanol–water partition coefficient (Wildman–Crippen LogP) is 3.81. The lowest BCUT2D eigenvalue weighted by Gasteiger charge is -2.37. The number of anilines is 1. The second kappa shape index (κ2) is 7.30. The zero-order valence-corrected chi connectivity index (χ0v) is 15.8. The summed E-state index contributed by atoms with van der Waals surface area (Å²) in [6, 6.07) is 12.8. The number of piperazine rings is 1. The molecule has 1 aliphatic heterocycles. The van der Waals surface area contributed by atoms with Crippen LogP contribution in [0.15, 0.2) is 36.4 Å². The number of rotatable bonds is 3. The van der Waals surface area contributed by atoms with Crippen LogP contribution in [0.5, 0.6) is 0 Å². The first-order chi connectivity index (χ1) is 11.9. The lowest BCUT2D eigenvalue weighted by Crippen LogP contribution is -2.49. The molecule has 1 saturated heterocycles. The van der Waals surface area contributed by atoms with Crippen molar-refractivity contribution >= 4 is 11.6 Å². The molecule has 3 rings (SSSR count). The first-order valence-corrected chi connectivity index (χ1v) is 9.10. The molecule has 2 aromatic rings. The van der Waals surface area contributed by atoms with Gasteiger partial charge in [0, 0.05) is 31.9 Å². The normalized spacial score (nSPS) is 14.7. The van der Waals surface area contributed by atoms with E-state index >= 15 is 0 Å². The first kappa shape index (κ1) is 17.5. The molecule has 0 radical (unpaired) electrons. The van der Waals surface area contributed by atoms with Crippen molar-refractivity contribution in [1.29, 1.82) is 0 Å². The highest BCUT2D eigenvalue weighted by molar-refractivity contribution is 5.79. The van der Waals surface area contributed by atoms with Crippen molar-refractivity contribution in [2.75, 3.05) is 31.1 Å². The molecule has 132 valence electrons. The summed E-state index contributed by atoms with van der Waals surface area (Å²) in [6.45, 7) is 12.0. The van der Waals surface area contributed by atoms with Crippen molar-refractivity contribution < 1.29 is 4.79 Å². The number of hydrogen-bond donors (Lipinski definition) is 0. The summed E-state index contributed by atoms with van der Waals surface area (Å²) in [5.41, 5.74) is 7.65. The second-order valence-corrected chi connectivity index (χ2v) is 7.28. The quantitative estimate of drug-likeness (QED) is 0.851. The summed E-state index contributed by atoms with van der Waals surface area (Å²) >= 11 is 0. The molecule has 25 heavy (non-hydrogen) atoms. The number of carbonyl (C=O) groups excluding carboxylic acids is 1. The summed E-state index contributed by atoms with van der Waals surface area (Å²) in [7, 11) is 0. The molecule has 1 heterocycles. The fourth-order valence-electron chi connectivity index (χ4n) is 3.84. The van der Waals surface area contributed by atoms with E-state index in [1.165, 1.54) is 27.9 Å². The fourth-order valence-corrected chi connectivity index (χ4v) is 3.84. The number of nitrogens with zero attached hydrogens (tertiary/aromatic N) is 2. The highest BCUT2D eigenvalue weighted by atomic mass is 16.2. The Morgan fingerprint density at radius 1 is 0.840 bits per heavy atom. The Kier molecular flexibility index (Phi) is 5.12. The van der Waals surface area contributed by atoms with Crippen molar-refractivity contribution in [3.8, 4) is 0 Å². The average Bonchev–Trinajstić information content (AvgIpc) is 2.56. The molecule has 2 aromatic carbocycles. The van der Waals surface area contributed by atoms with Gasteiger partial charge in [0.1, 0.15) is 0 Å². The van der Waals surface area contributed by atoms with Crippen LogP contribution in [-0.2, 0) is 11.2 Å². The van der Waals surface area contributed by atoms with E-state index in [-0.39, 0.29) is 5.91 Å². The van der Waals surface area contributed by atoms with Crippen LogP contribution in [0.4, 0.5) is 5.69 Å². The Morgan fingerprint density at radius 2 is 1.40 bits per heavy atom. The predicted molar refractivity (Wildman–Crippen MR) is 104 cm³/mol. The van der Waals surface area contributed by atoms with Gasteiger partial charge in [0.25, 0.3) is 0 Å². The van der Waals surface area contributed by atoms with Crippen LogP contribution >= 0.6 is 0 Å². The van der Waals surface area contributed by atoms with Gasteiger partial charge in [-0.1, -0.05) is 47.5 Å². The van der Waals surface area contributed by atoms with Crippen molar-refractivity contribution in [3.05, 3.63) is 64.2 Å². The summed E-state index contributed by atoms with van der Waals surface area (Å²) in [4.78, 5) is 17.0. The summed E-state index contributed by atoms with van der Waals surface area (Å²) in [5.74, 6) is 0.237. The molecule has 1 fully saturated rings. The van der Waals surface area contributed by atoms with Crippen LogP contribution in [0.1, 0.15) is 27.8 Å². The average molecular weight is 336 g/mol. The molecular weight excluding hydrogens is 308 g/mol. The van der Waals surface area contributed by atoms with Gasteiger partial charge in [-0.25, -0.2) is 0 Å². The van der Waals surface area contributed by atoms with Crippen LogP contribution in [0.25, 0.3) is 0 Å². The molecule has 0 aromatic heterocycles. The van der Waals surface area contributed by atoms with Gasteiger partial charge in [-0.05, 0) is 44.4 Å². The van der Waals surface area contributed by atoms with Crippen molar-refractivity contribution in [1.82, 2.24) is 4.90 Å². The van der Waals surface area contributed by atoms with Crippen molar-refractivity contribution in [2.24, 2.45) is 0 Å². The van der Waals surface area contributed by atoms with Gasteiger partial charge >= 0.3 is 0 Å². The molecule has 0 N–H and O–H groups in total. The molecule has 0 saturated carbocycles. The van der Waals surface area contributed by atoms with E-state index in [4.69, 9.17) is 0 Å². The van der Waals surface area contributed by atoms with Crippen molar-refractivity contribution in [2.45, 2.75) is 34.1 Å². The molecule has 0 spiro atoms. The Balaban J connectivity index is 1.62. The second-order valence-electron chi connectivity index (χ2n) is 7.28. The largest absolute Gasteiger partial charge is 0.368 e. The number of aryl methyl sites for hydroxylation is 4. The molecular formula is C22H28N2O. The molecule has 1 aliphatic rings. The summed E-state index contributed by atoms with van der Waals surface area (Å²) in [5, 5.41) is 0. The monoisotopic (exact) mass is 336 g/mol. The standard InChI is InChI=1S/C22H28N2O/c1-16-5-7-20(8-6-16)15-21(25)23-9-11-24(12-10-23)22-18(3)13-17(2)14-19(22)4/h5-8,13-14H,9-12,15H2,1-4H3. The number of hydrogen-bond acceptors (Lipinski definition) is 2. The van der Waals surface area contributed by atoms with Crippen LogP contribution in [0.2, 0.25) is 0 Å². The van der Waals surface area contributed by atoms with E-state index < -0.39 is 0 Å². The van der Waals surface area contributed by atoms with Crippen LogP contribution in [0, 0.1) is 27.7 Å². The van der Waals surface area contributed by atoms with E-state index in [9.17, 15) is 4.79 Å². The Morgan fingerprint density at radius 3 is 1.96 bits per heavy atom. The number of carbonyl (C=O) groups is 1. The highest BCUT2D eigenvalue weighted by Gasteiger charge is 2.23. The zero-order chi connectivity index (χ0) is 18.0. The minimum absolute atomic E-state index is 0.237. The van der Waals surface area contributed by atoms with E-state index in [2.05, 4.69) is 69.0 Å². The van der Waals surface area contributed by atoms with E-state index in [1.807, 2.05) is 4.90 Å². The summed E-state index contributed by atoms with van der Waals surface area (Å²) in [6.07, 6.45) is 0.503. The molecule has 0 aliphatic carbocycles. The van der Waals surface area contributed by atoms with Gasteiger partial charge < -0.3 is 9.80 Å². The number of benzene rings is 2. The molecule has 3 nitrogen and oxygen atoms in total. The molecule has 1 amide bonds. The maximum Gasteiger partial charge on any atom is 0.227 e. The van der Waals surface area contributed by atoms with E-state index in [0.717, 1.165) is 31.7 Å². The molecule has 0 unspecified atom stereocenters. The third kappa shape index (κ3) is 4.04. The number of amides is 1. The third-order valence-corrected chi connectivity index (χ3v) is 5.06. The van der Waals surface area contributed by atoms with Gasteiger partial charge in [-0.2, -0.15) is 0 Å². The zero-order valence-electron chi connectivity index (χ0n) is 15.8. The van der Waals surface area contributed by atoms with E-state index in [1.54, 1.807) is 0 Å². The smallest absolute Gasteiger partial charge is 0.227 e. The Bertz CT molecular complexity index is 733.